The van der Waals surface area contributed by atoms with Gasteiger partial charge in [0.1, 0.15) is 11.6 Å². The standard InChI is InChI=1S/C12H11FN4O/c1-7-2-11(16-6-10(7)14)17-12(18)8-3-9(13)5-15-4-8/h2-6H,14H2,1H3,(H,16,17,18). The third-order valence-corrected chi connectivity index (χ3v) is 2.36. The van der Waals surface area contributed by atoms with Gasteiger partial charge in [-0.2, -0.15) is 0 Å². The molecule has 0 aliphatic heterocycles. The van der Waals surface area contributed by atoms with Crippen LogP contribution in [0.4, 0.5) is 15.9 Å². The number of aromatic nitrogens is 2. The number of rotatable bonds is 2. The molecule has 5 nitrogen and oxygen atoms in total. The quantitative estimate of drug-likeness (QED) is 0.846. The Bertz CT molecular complexity index is 600. The van der Waals surface area contributed by atoms with E-state index in [1.807, 2.05) is 0 Å². The average Bonchev–Trinajstić information content (AvgIpc) is 2.34. The minimum absolute atomic E-state index is 0.131. The minimum atomic E-state index is -0.566. The van der Waals surface area contributed by atoms with Gasteiger partial charge in [-0.3, -0.25) is 9.78 Å². The highest BCUT2D eigenvalue weighted by molar-refractivity contribution is 6.03. The van der Waals surface area contributed by atoms with Crippen LogP contribution in [0.25, 0.3) is 0 Å². The molecule has 0 spiro atoms. The van der Waals surface area contributed by atoms with Crippen LogP contribution < -0.4 is 11.1 Å². The Morgan fingerprint density at radius 1 is 1.33 bits per heavy atom. The zero-order valence-electron chi connectivity index (χ0n) is 9.64. The number of hydrogen-bond donors (Lipinski definition) is 2. The van der Waals surface area contributed by atoms with Gasteiger partial charge >= 0.3 is 0 Å². The summed E-state index contributed by atoms with van der Waals surface area (Å²) in [4.78, 5) is 19.3. The monoisotopic (exact) mass is 246 g/mol. The predicted molar refractivity (Wildman–Crippen MR) is 65.5 cm³/mol. The van der Waals surface area contributed by atoms with Crippen molar-refractivity contribution in [3.8, 4) is 0 Å². The van der Waals surface area contributed by atoms with E-state index < -0.39 is 11.7 Å². The van der Waals surface area contributed by atoms with E-state index in [9.17, 15) is 9.18 Å². The van der Waals surface area contributed by atoms with Crippen LogP contribution in [0, 0.1) is 12.7 Å². The van der Waals surface area contributed by atoms with Crippen molar-refractivity contribution >= 4 is 17.4 Å². The zero-order valence-corrected chi connectivity index (χ0v) is 9.64. The normalized spacial score (nSPS) is 10.1. The van der Waals surface area contributed by atoms with Gasteiger partial charge in [-0.25, -0.2) is 9.37 Å². The number of carbonyl (C=O) groups is 1. The first-order valence-electron chi connectivity index (χ1n) is 5.20. The van der Waals surface area contributed by atoms with Gasteiger partial charge in [-0.1, -0.05) is 0 Å². The van der Waals surface area contributed by atoms with E-state index in [0.717, 1.165) is 17.8 Å². The van der Waals surface area contributed by atoms with Gasteiger partial charge < -0.3 is 11.1 Å². The maximum absolute atomic E-state index is 12.9. The van der Waals surface area contributed by atoms with E-state index in [0.29, 0.717) is 11.5 Å². The lowest BCUT2D eigenvalue weighted by Gasteiger charge is -2.06. The Hall–Kier alpha value is -2.50. The fourth-order valence-electron chi connectivity index (χ4n) is 1.36. The second-order valence-corrected chi connectivity index (χ2v) is 3.77. The summed E-state index contributed by atoms with van der Waals surface area (Å²) in [7, 11) is 0. The highest BCUT2D eigenvalue weighted by Crippen LogP contribution is 2.14. The molecule has 0 aliphatic carbocycles. The Labute approximate surface area is 103 Å². The summed E-state index contributed by atoms with van der Waals surface area (Å²) in [5, 5.41) is 2.54. The van der Waals surface area contributed by atoms with E-state index in [1.54, 1.807) is 13.0 Å². The average molecular weight is 246 g/mol. The molecule has 92 valence electrons. The van der Waals surface area contributed by atoms with Gasteiger partial charge in [-0.15, -0.1) is 0 Å². The Kier molecular flexibility index (Phi) is 3.18. The molecule has 0 atom stereocenters. The Morgan fingerprint density at radius 2 is 2.11 bits per heavy atom. The molecule has 2 rings (SSSR count). The van der Waals surface area contributed by atoms with Crippen molar-refractivity contribution in [2.45, 2.75) is 6.92 Å². The van der Waals surface area contributed by atoms with Crippen LogP contribution in [0.15, 0.2) is 30.7 Å². The molecule has 0 bridgehead atoms. The van der Waals surface area contributed by atoms with Crippen molar-refractivity contribution in [3.05, 3.63) is 47.7 Å². The number of aryl methyl sites for hydroxylation is 1. The third kappa shape index (κ3) is 2.60. The van der Waals surface area contributed by atoms with E-state index in [2.05, 4.69) is 15.3 Å². The van der Waals surface area contributed by atoms with Gasteiger partial charge in [-0.05, 0) is 24.6 Å². The van der Waals surface area contributed by atoms with Crippen LogP contribution in [-0.4, -0.2) is 15.9 Å². The zero-order chi connectivity index (χ0) is 13.1. The smallest absolute Gasteiger partial charge is 0.258 e. The van der Waals surface area contributed by atoms with Gasteiger partial charge in [0, 0.05) is 6.20 Å². The predicted octanol–water partition coefficient (Wildman–Crippen LogP) is 1.76. The largest absolute Gasteiger partial charge is 0.397 e. The molecule has 0 fully saturated rings. The van der Waals surface area contributed by atoms with Gasteiger partial charge in [0.05, 0.1) is 23.6 Å². The van der Waals surface area contributed by atoms with Crippen LogP contribution in [0.1, 0.15) is 15.9 Å². The molecule has 2 heterocycles. The van der Waals surface area contributed by atoms with E-state index in [4.69, 9.17) is 5.73 Å². The van der Waals surface area contributed by atoms with Crippen molar-refractivity contribution in [1.29, 1.82) is 0 Å². The summed E-state index contributed by atoms with van der Waals surface area (Å²) in [6.07, 6.45) is 3.76. The topological polar surface area (TPSA) is 80.9 Å². The van der Waals surface area contributed by atoms with Crippen molar-refractivity contribution in [3.63, 3.8) is 0 Å². The summed E-state index contributed by atoms with van der Waals surface area (Å²) in [5.41, 5.74) is 7.09. The summed E-state index contributed by atoms with van der Waals surface area (Å²) in [6, 6.07) is 2.74. The molecule has 0 unspecified atom stereocenters. The van der Waals surface area contributed by atoms with Gasteiger partial charge in [0.15, 0.2) is 0 Å². The lowest BCUT2D eigenvalue weighted by molar-refractivity contribution is 0.102. The van der Waals surface area contributed by atoms with Crippen molar-refractivity contribution in [1.82, 2.24) is 9.97 Å². The molecule has 6 heteroatoms. The first kappa shape index (κ1) is 12.0. The van der Waals surface area contributed by atoms with Crippen LogP contribution >= 0.6 is 0 Å². The summed E-state index contributed by atoms with van der Waals surface area (Å²) >= 11 is 0. The number of nitrogen functional groups attached to an aromatic ring is 1. The lowest BCUT2D eigenvalue weighted by Crippen LogP contribution is -2.13. The van der Waals surface area contributed by atoms with Gasteiger partial charge in [0.2, 0.25) is 0 Å². The number of hydrogen-bond acceptors (Lipinski definition) is 4. The van der Waals surface area contributed by atoms with Crippen LogP contribution in [0.3, 0.4) is 0 Å². The summed E-state index contributed by atoms with van der Waals surface area (Å²) in [6.45, 7) is 1.80. The van der Waals surface area contributed by atoms with Crippen LogP contribution in [-0.2, 0) is 0 Å². The van der Waals surface area contributed by atoms with Crippen molar-refractivity contribution in [2.75, 3.05) is 11.1 Å². The fraction of sp³-hybridized carbons (Fsp3) is 0.0833. The van der Waals surface area contributed by atoms with Crippen molar-refractivity contribution in [2.24, 2.45) is 0 Å². The number of halogens is 1. The number of amides is 1. The van der Waals surface area contributed by atoms with Gasteiger partial charge in [0.25, 0.3) is 5.91 Å². The maximum Gasteiger partial charge on any atom is 0.258 e. The molecule has 0 radical (unpaired) electrons. The molecule has 1 amide bonds. The van der Waals surface area contributed by atoms with E-state index in [1.165, 1.54) is 12.4 Å². The number of carbonyl (C=O) groups excluding carboxylic acids is 1. The first-order valence-corrected chi connectivity index (χ1v) is 5.20. The molecule has 0 saturated heterocycles. The molecule has 2 aromatic heterocycles. The lowest BCUT2D eigenvalue weighted by atomic mass is 10.2. The van der Waals surface area contributed by atoms with Crippen molar-refractivity contribution < 1.29 is 9.18 Å². The Morgan fingerprint density at radius 3 is 2.78 bits per heavy atom. The van der Waals surface area contributed by atoms with Crippen LogP contribution in [0.2, 0.25) is 0 Å². The number of nitrogens with one attached hydrogen (secondary N) is 1. The highest BCUT2D eigenvalue weighted by Gasteiger charge is 2.08. The summed E-state index contributed by atoms with van der Waals surface area (Å²) in [5.74, 6) is -0.682. The number of nitrogens with zero attached hydrogens (tertiary/aromatic N) is 2. The highest BCUT2D eigenvalue weighted by atomic mass is 19.1. The number of anilines is 2. The molecule has 2 aromatic rings. The number of pyridine rings is 2. The molecular weight excluding hydrogens is 235 g/mol. The van der Waals surface area contributed by atoms with E-state index in [-0.39, 0.29) is 5.56 Å². The molecule has 0 saturated carbocycles. The Balaban J connectivity index is 2.18. The third-order valence-electron chi connectivity index (χ3n) is 2.36. The molecule has 18 heavy (non-hydrogen) atoms. The first-order chi connectivity index (χ1) is 8.56. The SMILES string of the molecule is Cc1cc(NC(=O)c2cncc(F)c2)ncc1N. The minimum Gasteiger partial charge on any atom is -0.397 e. The van der Waals surface area contributed by atoms with E-state index >= 15 is 0 Å². The molecular formula is C12H11FN4O. The molecule has 0 aromatic carbocycles. The van der Waals surface area contributed by atoms with Crippen LogP contribution in [0.5, 0.6) is 0 Å². The number of nitrogens with two attached hydrogens (primary N) is 1. The summed E-state index contributed by atoms with van der Waals surface area (Å²) < 4.78 is 12.9. The second-order valence-electron chi connectivity index (χ2n) is 3.77. The molecule has 0 aliphatic rings. The maximum atomic E-state index is 12.9. The fourth-order valence-corrected chi connectivity index (χ4v) is 1.36. The second kappa shape index (κ2) is 4.79. The molecule has 3 N–H and O–H groups in total.